The highest BCUT2D eigenvalue weighted by atomic mass is 16.2. The predicted octanol–water partition coefficient (Wildman–Crippen LogP) is 2.48. The van der Waals surface area contributed by atoms with Gasteiger partial charge >= 0.3 is 0 Å². The van der Waals surface area contributed by atoms with Gasteiger partial charge in [0.15, 0.2) is 0 Å². The van der Waals surface area contributed by atoms with Gasteiger partial charge in [0.05, 0.1) is 18.1 Å². The van der Waals surface area contributed by atoms with Crippen LogP contribution in [0.2, 0.25) is 0 Å². The molecule has 92 valence electrons. The lowest BCUT2D eigenvalue weighted by Gasteiger charge is -2.24. The number of nitriles is 2. The average Bonchev–Trinajstić information content (AvgIpc) is 2.40. The highest BCUT2D eigenvalue weighted by Crippen LogP contribution is 2.19. The molecule has 0 aliphatic carbocycles. The van der Waals surface area contributed by atoms with Crippen molar-refractivity contribution in [3.05, 3.63) is 30.3 Å². The number of nitrogens with zero attached hydrogens (tertiary/aromatic N) is 3. The smallest absolute Gasteiger partial charge is 0.232 e. The van der Waals surface area contributed by atoms with Gasteiger partial charge in [-0.15, -0.1) is 0 Å². The van der Waals surface area contributed by atoms with Crippen LogP contribution in [0.25, 0.3) is 0 Å². The molecule has 0 aromatic heterocycles. The lowest BCUT2D eigenvalue weighted by Crippen LogP contribution is -2.36. The summed E-state index contributed by atoms with van der Waals surface area (Å²) in [6.45, 7) is 2.40. The Hall–Kier alpha value is -2.33. The zero-order valence-corrected chi connectivity index (χ0v) is 10.3. The van der Waals surface area contributed by atoms with E-state index in [4.69, 9.17) is 10.5 Å². The van der Waals surface area contributed by atoms with Gasteiger partial charge in [0.2, 0.25) is 5.91 Å². The van der Waals surface area contributed by atoms with Gasteiger partial charge in [-0.25, -0.2) is 0 Å². The van der Waals surface area contributed by atoms with Crippen molar-refractivity contribution in [2.24, 2.45) is 5.92 Å². The lowest BCUT2D eigenvalue weighted by molar-refractivity contribution is -0.122. The molecule has 0 aliphatic heterocycles. The summed E-state index contributed by atoms with van der Waals surface area (Å²) in [6, 6.07) is 13.2. The Balaban J connectivity index is 2.92. The molecule has 1 amide bonds. The van der Waals surface area contributed by atoms with Gasteiger partial charge in [-0.3, -0.25) is 4.79 Å². The summed E-state index contributed by atoms with van der Waals surface area (Å²) in [7, 11) is 0. The summed E-state index contributed by atoms with van der Waals surface area (Å²) in [5.74, 6) is -0.702. The number of carbonyl (C=O) groups excluding carboxylic acids is 1. The zero-order chi connectivity index (χ0) is 13.4. The van der Waals surface area contributed by atoms with Crippen LogP contribution >= 0.6 is 0 Å². The van der Waals surface area contributed by atoms with Gasteiger partial charge in [0, 0.05) is 25.1 Å². The maximum atomic E-state index is 12.3. The minimum atomic E-state index is -0.542. The van der Waals surface area contributed by atoms with E-state index in [1.54, 1.807) is 4.90 Å². The summed E-state index contributed by atoms with van der Waals surface area (Å²) in [5.41, 5.74) is 0.797. The number of para-hydroxylation sites is 1. The Bertz CT molecular complexity index is 454. The fourth-order valence-corrected chi connectivity index (χ4v) is 1.76. The predicted molar refractivity (Wildman–Crippen MR) is 68.4 cm³/mol. The van der Waals surface area contributed by atoms with Gasteiger partial charge in [-0.2, -0.15) is 10.5 Å². The third-order valence-electron chi connectivity index (χ3n) is 2.67. The fraction of sp³-hybridized carbons (Fsp3) is 0.357. The zero-order valence-electron chi connectivity index (χ0n) is 10.3. The van der Waals surface area contributed by atoms with Crippen molar-refractivity contribution < 1.29 is 4.79 Å². The Morgan fingerprint density at radius 3 is 2.22 bits per heavy atom. The summed E-state index contributed by atoms with van der Waals surface area (Å²) >= 11 is 0. The number of hydrogen-bond donors (Lipinski definition) is 0. The van der Waals surface area contributed by atoms with Crippen LogP contribution in [0.5, 0.6) is 0 Å². The number of benzene rings is 1. The molecule has 0 aliphatic rings. The maximum absolute atomic E-state index is 12.3. The molecular weight excluding hydrogens is 226 g/mol. The van der Waals surface area contributed by atoms with E-state index >= 15 is 0 Å². The van der Waals surface area contributed by atoms with Crippen LogP contribution in [0.4, 0.5) is 5.69 Å². The van der Waals surface area contributed by atoms with Gasteiger partial charge in [-0.1, -0.05) is 18.2 Å². The molecule has 4 nitrogen and oxygen atoms in total. The van der Waals surface area contributed by atoms with Crippen LogP contribution < -0.4 is 4.90 Å². The van der Waals surface area contributed by atoms with Crippen LogP contribution in [0, 0.1) is 28.6 Å². The van der Waals surface area contributed by atoms with Gasteiger partial charge in [0.1, 0.15) is 0 Å². The van der Waals surface area contributed by atoms with E-state index in [2.05, 4.69) is 0 Å². The quantitative estimate of drug-likeness (QED) is 0.795. The standard InChI is InChI=1S/C14H15N3O/c1-2-17(13-6-4-3-5-7-13)14(18)12(8-10-15)9-11-16/h3-7,12H,2,8-9H2,1H3. The molecule has 0 spiro atoms. The molecule has 0 fully saturated rings. The molecule has 0 saturated heterocycles. The number of anilines is 1. The largest absolute Gasteiger partial charge is 0.312 e. The van der Waals surface area contributed by atoms with E-state index in [1.807, 2.05) is 49.4 Å². The van der Waals surface area contributed by atoms with Crippen molar-refractivity contribution in [1.82, 2.24) is 0 Å². The molecular formula is C14H15N3O. The van der Waals surface area contributed by atoms with Gasteiger partial charge in [-0.05, 0) is 19.1 Å². The molecule has 0 heterocycles. The van der Waals surface area contributed by atoms with E-state index in [9.17, 15) is 4.79 Å². The number of hydrogen-bond acceptors (Lipinski definition) is 3. The van der Waals surface area contributed by atoms with Crippen molar-refractivity contribution >= 4 is 11.6 Å². The average molecular weight is 241 g/mol. The van der Waals surface area contributed by atoms with Gasteiger partial charge in [0.25, 0.3) is 0 Å². The SMILES string of the molecule is CCN(C(=O)C(CC#N)CC#N)c1ccccc1. The monoisotopic (exact) mass is 241 g/mol. The van der Waals surface area contributed by atoms with Crippen molar-refractivity contribution in [2.45, 2.75) is 19.8 Å². The van der Waals surface area contributed by atoms with Crippen molar-refractivity contribution in [3.63, 3.8) is 0 Å². The molecule has 0 unspecified atom stereocenters. The minimum Gasteiger partial charge on any atom is -0.312 e. The Kier molecular flexibility index (Phi) is 5.41. The van der Waals surface area contributed by atoms with Gasteiger partial charge < -0.3 is 4.90 Å². The van der Waals surface area contributed by atoms with Crippen molar-refractivity contribution in [3.8, 4) is 12.1 Å². The fourth-order valence-electron chi connectivity index (χ4n) is 1.76. The van der Waals surface area contributed by atoms with Crippen LogP contribution in [-0.2, 0) is 4.79 Å². The molecule has 0 atom stereocenters. The third-order valence-corrected chi connectivity index (χ3v) is 2.67. The second-order valence-corrected chi connectivity index (χ2v) is 3.84. The summed E-state index contributed by atoms with van der Waals surface area (Å²) < 4.78 is 0. The van der Waals surface area contributed by atoms with E-state index in [-0.39, 0.29) is 18.7 Å². The second kappa shape index (κ2) is 7.09. The van der Waals surface area contributed by atoms with Crippen molar-refractivity contribution in [2.75, 3.05) is 11.4 Å². The summed E-state index contributed by atoms with van der Waals surface area (Å²) in [4.78, 5) is 13.9. The Morgan fingerprint density at radius 2 is 1.78 bits per heavy atom. The summed E-state index contributed by atoms with van der Waals surface area (Å²) in [5, 5.41) is 17.4. The van der Waals surface area contributed by atoms with E-state index in [0.717, 1.165) is 5.69 Å². The minimum absolute atomic E-state index is 0.0791. The van der Waals surface area contributed by atoms with Crippen LogP contribution in [0.1, 0.15) is 19.8 Å². The van der Waals surface area contributed by atoms with Crippen molar-refractivity contribution in [1.29, 1.82) is 10.5 Å². The number of amides is 1. The van der Waals surface area contributed by atoms with E-state index in [1.165, 1.54) is 0 Å². The molecule has 1 rings (SSSR count). The summed E-state index contributed by atoms with van der Waals surface area (Å²) in [6.07, 6.45) is 0.158. The highest BCUT2D eigenvalue weighted by Gasteiger charge is 2.24. The topological polar surface area (TPSA) is 67.9 Å². The molecule has 0 N–H and O–H groups in total. The van der Waals surface area contributed by atoms with Crippen LogP contribution in [0.15, 0.2) is 30.3 Å². The molecule has 4 heteroatoms. The third kappa shape index (κ3) is 3.33. The highest BCUT2D eigenvalue weighted by molar-refractivity contribution is 5.95. The van der Waals surface area contributed by atoms with Crippen LogP contribution in [0.3, 0.4) is 0 Å². The maximum Gasteiger partial charge on any atom is 0.232 e. The molecule has 1 aromatic rings. The normalized spacial score (nSPS) is 9.56. The molecule has 0 radical (unpaired) electrons. The first-order valence-corrected chi connectivity index (χ1v) is 5.84. The van der Waals surface area contributed by atoms with E-state index in [0.29, 0.717) is 6.54 Å². The van der Waals surface area contributed by atoms with E-state index < -0.39 is 5.92 Å². The Morgan fingerprint density at radius 1 is 1.22 bits per heavy atom. The number of carbonyl (C=O) groups is 1. The Labute approximate surface area is 107 Å². The van der Waals surface area contributed by atoms with Crippen LogP contribution in [-0.4, -0.2) is 12.5 Å². The molecule has 18 heavy (non-hydrogen) atoms. The number of rotatable bonds is 5. The lowest BCUT2D eigenvalue weighted by atomic mass is 10.0. The molecule has 0 saturated carbocycles. The first kappa shape index (κ1) is 13.7. The second-order valence-electron chi connectivity index (χ2n) is 3.84. The first-order valence-electron chi connectivity index (χ1n) is 5.84. The first-order chi connectivity index (χ1) is 8.74. The molecule has 1 aromatic carbocycles. The molecule has 0 bridgehead atoms.